The van der Waals surface area contributed by atoms with Gasteiger partial charge in [0.05, 0.1) is 11.8 Å². The summed E-state index contributed by atoms with van der Waals surface area (Å²) in [4.78, 5) is 12.4. The Morgan fingerprint density at radius 3 is 2.77 bits per heavy atom. The first-order valence-corrected chi connectivity index (χ1v) is 10.4. The molecular formula is C20H19F2N5O2S. The van der Waals surface area contributed by atoms with Gasteiger partial charge in [-0.3, -0.25) is 4.79 Å². The van der Waals surface area contributed by atoms with Crippen LogP contribution in [-0.4, -0.2) is 38.5 Å². The lowest BCUT2D eigenvalue weighted by molar-refractivity contribution is -0.113. The summed E-state index contributed by atoms with van der Waals surface area (Å²) < 4.78 is 31.9. The number of alkyl halides is 2. The number of halogens is 2. The molecule has 4 rings (SSSR count). The molecule has 3 aromatic rings. The molecule has 156 valence electrons. The van der Waals surface area contributed by atoms with Crippen LogP contribution in [0.5, 0.6) is 5.75 Å². The number of aromatic nitrogens is 4. The monoisotopic (exact) mass is 431 g/mol. The van der Waals surface area contributed by atoms with E-state index in [2.05, 4.69) is 25.6 Å². The fraction of sp³-hybridized carbons (Fsp3) is 0.300. The molecule has 1 aliphatic rings. The van der Waals surface area contributed by atoms with Crippen LogP contribution in [0.1, 0.15) is 30.0 Å². The van der Waals surface area contributed by atoms with Crippen LogP contribution in [0, 0.1) is 0 Å². The van der Waals surface area contributed by atoms with Crippen LogP contribution in [0.2, 0.25) is 0 Å². The van der Waals surface area contributed by atoms with Crippen LogP contribution in [-0.2, 0) is 11.2 Å². The molecule has 0 unspecified atom stereocenters. The maximum Gasteiger partial charge on any atom is 0.387 e. The molecule has 0 saturated heterocycles. The number of anilines is 1. The van der Waals surface area contributed by atoms with E-state index in [1.165, 1.54) is 17.8 Å². The molecule has 1 heterocycles. The molecule has 0 atom stereocenters. The predicted molar refractivity (Wildman–Crippen MR) is 108 cm³/mol. The fourth-order valence-corrected chi connectivity index (χ4v) is 3.72. The van der Waals surface area contributed by atoms with Gasteiger partial charge in [-0.15, -0.1) is 5.10 Å². The van der Waals surface area contributed by atoms with E-state index < -0.39 is 6.61 Å². The number of ether oxygens (including phenoxy) is 1. The Bertz CT molecular complexity index is 1010. The van der Waals surface area contributed by atoms with E-state index in [9.17, 15) is 13.6 Å². The summed E-state index contributed by atoms with van der Waals surface area (Å²) in [6.45, 7) is -2.92. The third kappa shape index (κ3) is 5.32. The molecule has 7 nitrogen and oxygen atoms in total. The predicted octanol–water partition coefficient (Wildman–Crippen LogP) is 3.93. The Hall–Kier alpha value is -3.01. The lowest BCUT2D eigenvalue weighted by atomic mass is 10.0. The Labute approximate surface area is 175 Å². The number of carbonyl (C=O) groups is 1. The van der Waals surface area contributed by atoms with E-state index in [0.29, 0.717) is 28.9 Å². The fourth-order valence-electron chi connectivity index (χ4n) is 2.98. The van der Waals surface area contributed by atoms with Crippen LogP contribution in [0.25, 0.3) is 0 Å². The second kappa shape index (κ2) is 9.21. The van der Waals surface area contributed by atoms with Crippen molar-refractivity contribution in [2.75, 3.05) is 11.1 Å². The summed E-state index contributed by atoms with van der Waals surface area (Å²) in [5.74, 6) is -0.0143. The van der Waals surface area contributed by atoms with Crippen LogP contribution >= 0.6 is 11.8 Å². The van der Waals surface area contributed by atoms with Gasteiger partial charge in [-0.1, -0.05) is 42.1 Å². The number of nitrogens with one attached hydrogen (secondary N) is 1. The van der Waals surface area contributed by atoms with E-state index >= 15 is 0 Å². The Kier molecular flexibility index (Phi) is 6.22. The van der Waals surface area contributed by atoms with Gasteiger partial charge in [-0.2, -0.15) is 8.78 Å². The number of tetrazole rings is 1. The average Bonchev–Trinajstić information content (AvgIpc) is 3.46. The van der Waals surface area contributed by atoms with Crippen molar-refractivity contribution in [2.24, 2.45) is 0 Å². The van der Waals surface area contributed by atoms with E-state index in [1.54, 1.807) is 16.8 Å². The number of nitrogens with zero attached hydrogens (tertiary/aromatic N) is 4. The van der Waals surface area contributed by atoms with Crippen LogP contribution < -0.4 is 10.1 Å². The van der Waals surface area contributed by atoms with Crippen LogP contribution in [0.15, 0.2) is 53.7 Å². The number of benzene rings is 2. The molecular weight excluding hydrogens is 412 g/mol. The number of carbonyl (C=O) groups excluding carboxylic acids is 1. The third-order valence-electron chi connectivity index (χ3n) is 4.49. The Morgan fingerprint density at radius 2 is 2.03 bits per heavy atom. The second-order valence-corrected chi connectivity index (χ2v) is 7.78. The molecule has 1 saturated carbocycles. The normalized spacial score (nSPS) is 13.4. The molecule has 1 aliphatic carbocycles. The average molecular weight is 431 g/mol. The van der Waals surface area contributed by atoms with Crippen molar-refractivity contribution in [1.82, 2.24) is 20.2 Å². The van der Waals surface area contributed by atoms with E-state index in [1.807, 2.05) is 30.3 Å². The van der Waals surface area contributed by atoms with Gasteiger partial charge in [0.25, 0.3) is 0 Å². The zero-order valence-electron chi connectivity index (χ0n) is 15.9. The van der Waals surface area contributed by atoms with E-state index in [4.69, 9.17) is 0 Å². The summed E-state index contributed by atoms with van der Waals surface area (Å²) in [6.07, 6.45) is 2.49. The number of hydrogen-bond donors (Lipinski definition) is 1. The standard InChI is InChI=1S/C20H19F2N5O2S/c21-19(22)29-17-9-6-15(11-14(17)10-13-4-2-1-3-5-13)23-18(28)12-30-20-24-25-26-27(20)16-7-8-16/h1-6,9,11,16,19H,7-8,10,12H2,(H,23,28). The molecule has 0 aliphatic heterocycles. The Balaban J connectivity index is 1.43. The first-order chi connectivity index (χ1) is 14.6. The highest BCUT2D eigenvalue weighted by Gasteiger charge is 2.28. The minimum absolute atomic E-state index is 0.0878. The van der Waals surface area contributed by atoms with Gasteiger partial charge in [0, 0.05) is 17.7 Å². The molecule has 2 aromatic carbocycles. The van der Waals surface area contributed by atoms with Crippen molar-refractivity contribution in [2.45, 2.75) is 37.1 Å². The minimum atomic E-state index is -2.92. The minimum Gasteiger partial charge on any atom is -0.435 e. The van der Waals surface area contributed by atoms with Crippen molar-refractivity contribution in [1.29, 1.82) is 0 Å². The van der Waals surface area contributed by atoms with Crippen molar-refractivity contribution in [3.8, 4) is 5.75 Å². The maximum atomic E-state index is 12.8. The summed E-state index contributed by atoms with van der Waals surface area (Å²) in [5, 5.41) is 15.0. The van der Waals surface area contributed by atoms with Crippen molar-refractivity contribution >= 4 is 23.4 Å². The van der Waals surface area contributed by atoms with Gasteiger partial charge in [0.15, 0.2) is 0 Å². The number of rotatable bonds is 9. The van der Waals surface area contributed by atoms with Gasteiger partial charge < -0.3 is 10.1 Å². The van der Waals surface area contributed by atoms with Gasteiger partial charge in [0.2, 0.25) is 11.1 Å². The molecule has 1 amide bonds. The first-order valence-electron chi connectivity index (χ1n) is 9.40. The lowest BCUT2D eigenvalue weighted by Gasteiger charge is -2.13. The molecule has 30 heavy (non-hydrogen) atoms. The van der Waals surface area contributed by atoms with E-state index in [0.717, 1.165) is 18.4 Å². The summed E-state index contributed by atoms with van der Waals surface area (Å²) in [5.41, 5.74) is 2.02. The highest BCUT2D eigenvalue weighted by Crippen LogP contribution is 2.36. The van der Waals surface area contributed by atoms with Crippen LogP contribution in [0.4, 0.5) is 14.5 Å². The molecule has 1 N–H and O–H groups in total. The van der Waals surface area contributed by atoms with Gasteiger partial charge in [0.1, 0.15) is 5.75 Å². The van der Waals surface area contributed by atoms with Crippen molar-refractivity contribution in [3.05, 3.63) is 59.7 Å². The maximum absolute atomic E-state index is 12.8. The topological polar surface area (TPSA) is 81.9 Å². The number of hydrogen-bond acceptors (Lipinski definition) is 6. The first kappa shape index (κ1) is 20.3. The van der Waals surface area contributed by atoms with Gasteiger partial charge in [-0.25, -0.2) is 4.68 Å². The highest BCUT2D eigenvalue weighted by molar-refractivity contribution is 7.99. The SMILES string of the molecule is O=C(CSc1nnnn1C1CC1)Nc1ccc(OC(F)F)c(Cc2ccccc2)c1. The molecule has 1 aromatic heterocycles. The molecule has 0 bridgehead atoms. The quantitative estimate of drug-likeness (QED) is 0.517. The molecule has 0 radical (unpaired) electrons. The van der Waals surface area contributed by atoms with Crippen LogP contribution in [0.3, 0.4) is 0 Å². The lowest BCUT2D eigenvalue weighted by Crippen LogP contribution is -2.15. The van der Waals surface area contributed by atoms with Gasteiger partial charge >= 0.3 is 6.61 Å². The zero-order valence-corrected chi connectivity index (χ0v) is 16.7. The summed E-state index contributed by atoms with van der Waals surface area (Å²) in [7, 11) is 0. The summed E-state index contributed by atoms with van der Waals surface area (Å²) in [6, 6.07) is 14.4. The zero-order chi connectivity index (χ0) is 20.9. The number of amides is 1. The largest absolute Gasteiger partial charge is 0.435 e. The molecule has 0 spiro atoms. The van der Waals surface area contributed by atoms with Gasteiger partial charge in [-0.05, 0) is 47.0 Å². The second-order valence-electron chi connectivity index (χ2n) is 6.84. The smallest absolute Gasteiger partial charge is 0.387 e. The third-order valence-corrected chi connectivity index (χ3v) is 5.42. The van der Waals surface area contributed by atoms with Crippen molar-refractivity contribution < 1.29 is 18.3 Å². The van der Waals surface area contributed by atoms with E-state index in [-0.39, 0.29) is 17.4 Å². The summed E-state index contributed by atoms with van der Waals surface area (Å²) >= 11 is 1.26. The van der Waals surface area contributed by atoms with Crippen molar-refractivity contribution in [3.63, 3.8) is 0 Å². The molecule has 10 heteroatoms. The highest BCUT2D eigenvalue weighted by atomic mass is 32.2. The molecule has 1 fully saturated rings. The number of thioether (sulfide) groups is 1. The Morgan fingerprint density at radius 1 is 1.23 bits per heavy atom.